The van der Waals surface area contributed by atoms with Crippen molar-refractivity contribution in [3.8, 4) is 5.75 Å². The molecule has 9 heteroatoms. The van der Waals surface area contributed by atoms with Gasteiger partial charge in [0.1, 0.15) is 11.8 Å². The number of anilines is 1. The molecule has 4 rings (SSSR count). The van der Waals surface area contributed by atoms with Crippen molar-refractivity contribution in [3.05, 3.63) is 95.6 Å². The van der Waals surface area contributed by atoms with Crippen molar-refractivity contribution in [1.29, 1.82) is 0 Å². The summed E-state index contributed by atoms with van der Waals surface area (Å²) in [6.07, 6.45) is -0.170. The molecule has 9 nitrogen and oxygen atoms in total. The lowest BCUT2D eigenvalue weighted by atomic mass is 9.91. The number of carbonyl (C=O) groups is 3. The van der Waals surface area contributed by atoms with Gasteiger partial charge in [0.15, 0.2) is 0 Å². The zero-order chi connectivity index (χ0) is 30.1. The molecule has 3 amide bonds. The number of nitrogens with zero attached hydrogens (tertiary/aromatic N) is 1. The van der Waals surface area contributed by atoms with Crippen LogP contribution in [0.1, 0.15) is 43.9 Å². The summed E-state index contributed by atoms with van der Waals surface area (Å²) in [4.78, 5) is 41.5. The highest BCUT2D eigenvalue weighted by atomic mass is 16.5. The third-order valence-corrected chi connectivity index (χ3v) is 7.11. The Hall–Kier alpha value is -4.37. The fourth-order valence-corrected chi connectivity index (χ4v) is 4.99. The van der Waals surface area contributed by atoms with E-state index in [9.17, 15) is 14.4 Å². The van der Waals surface area contributed by atoms with E-state index in [1.54, 1.807) is 30.0 Å². The van der Waals surface area contributed by atoms with E-state index in [1.807, 2.05) is 74.5 Å². The number of hydrogen-bond acceptors (Lipinski definition) is 6. The third-order valence-electron chi connectivity index (χ3n) is 7.11. The van der Waals surface area contributed by atoms with Gasteiger partial charge in [-0.15, -0.1) is 0 Å². The molecule has 0 radical (unpaired) electrons. The Balaban J connectivity index is 1.57. The van der Waals surface area contributed by atoms with E-state index < -0.39 is 30.2 Å². The summed E-state index contributed by atoms with van der Waals surface area (Å²) in [5.41, 5.74) is 3.53. The van der Waals surface area contributed by atoms with E-state index in [2.05, 4.69) is 10.6 Å². The number of nitrogens with one attached hydrogen (secondary N) is 2. The summed E-state index contributed by atoms with van der Waals surface area (Å²) in [5, 5.41) is 5.66. The Labute approximate surface area is 247 Å². The molecule has 2 N–H and O–H groups in total. The van der Waals surface area contributed by atoms with Crippen molar-refractivity contribution < 1.29 is 28.6 Å². The Morgan fingerprint density at radius 1 is 0.929 bits per heavy atom. The molecule has 1 heterocycles. The Morgan fingerprint density at radius 3 is 2.36 bits per heavy atom. The number of carbonyl (C=O) groups excluding carboxylic acids is 3. The third kappa shape index (κ3) is 8.33. The van der Waals surface area contributed by atoms with E-state index >= 15 is 0 Å². The molecule has 0 unspecified atom stereocenters. The van der Waals surface area contributed by atoms with Gasteiger partial charge in [-0.1, -0.05) is 60.7 Å². The first-order valence-corrected chi connectivity index (χ1v) is 14.2. The van der Waals surface area contributed by atoms with Gasteiger partial charge in [0.25, 0.3) is 0 Å². The topological polar surface area (TPSA) is 106 Å². The Kier molecular flexibility index (Phi) is 10.6. The first kappa shape index (κ1) is 30.6. The average molecular weight is 574 g/mol. The van der Waals surface area contributed by atoms with Gasteiger partial charge in [0.2, 0.25) is 5.91 Å². The second-order valence-electron chi connectivity index (χ2n) is 10.6. The maximum atomic E-state index is 14.2. The molecule has 0 aliphatic carbocycles. The van der Waals surface area contributed by atoms with Crippen molar-refractivity contribution in [1.82, 2.24) is 10.2 Å². The predicted molar refractivity (Wildman–Crippen MR) is 160 cm³/mol. The van der Waals surface area contributed by atoms with E-state index in [4.69, 9.17) is 14.2 Å². The zero-order valence-electron chi connectivity index (χ0n) is 24.5. The lowest BCUT2D eigenvalue weighted by Crippen LogP contribution is -2.58. The molecule has 222 valence electrons. The lowest BCUT2D eigenvalue weighted by Gasteiger charge is -2.39. The summed E-state index contributed by atoms with van der Waals surface area (Å²) in [6.45, 7) is 6.17. The minimum atomic E-state index is -1.03. The average Bonchev–Trinajstić information content (AvgIpc) is 2.98. The standard InChI is InChI=1S/C33H39N3O6/c1-22(2)42-29-16-10-15-27(18-29)34-33(39)35-31(23(3)41-21-24-11-6-5-7-12-24)32(38)36-20-26-14-9-8-13-25(26)17-28(36)19-30(37)40-4/h5-16,18,22-23,28,31H,17,19-21H2,1-4H3,(H2,34,35,39)/t23-,28-,31+/m1/s1. The van der Waals surface area contributed by atoms with Gasteiger partial charge in [-0.25, -0.2) is 4.79 Å². The molecular weight excluding hydrogens is 534 g/mol. The van der Waals surface area contributed by atoms with Crippen molar-refractivity contribution in [3.63, 3.8) is 0 Å². The SMILES string of the molecule is COC(=O)C[C@H]1Cc2ccccc2CN1C(=O)[C@@H](NC(=O)Nc1cccc(OC(C)C)c1)[C@@H](C)OCc1ccccc1. The first-order chi connectivity index (χ1) is 20.2. The largest absolute Gasteiger partial charge is 0.491 e. The lowest BCUT2D eigenvalue weighted by molar-refractivity contribution is -0.146. The molecule has 0 fully saturated rings. The van der Waals surface area contributed by atoms with Crippen molar-refractivity contribution >= 4 is 23.6 Å². The maximum absolute atomic E-state index is 14.2. The van der Waals surface area contributed by atoms with Crippen LogP contribution >= 0.6 is 0 Å². The highest BCUT2D eigenvalue weighted by Crippen LogP contribution is 2.27. The monoisotopic (exact) mass is 573 g/mol. The van der Waals surface area contributed by atoms with Crippen LogP contribution in [0.2, 0.25) is 0 Å². The van der Waals surface area contributed by atoms with Crippen LogP contribution in [0.15, 0.2) is 78.9 Å². The molecule has 0 bridgehead atoms. The molecule has 0 saturated carbocycles. The molecule has 0 spiro atoms. The predicted octanol–water partition coefficient (Wildman–Crippen LogP) is 5.09. The highest BCUT2D eigenvalue weighted by molar-refractivity contribution is 5.94. The fraction of sp³-hybridized carbons (Fsp3) is 0.364. The number of esters is 1. The number of amides is 3. The smallest absolute Gasteiger partial charge is 0.319 e. The Morgan fingerprint density at radius 2 is 1.64 bits per heavy atom. The highest BCUT2D eigenvalue weighted by Gasteiger charge is 2.38. The summed E-state index contributed by atoms with van der Waals surface area (Å²) in [6, 6.07) is 22.5. The molecule has 0 saturated heterocycles. The van der Waals surface area contributed by atoms with Crippen molar-refractivity contribution in [2.45, 2.75) is 71.1 Å². The summed E-state index contributed by atoms with van der Waals surface area (Å²) in [7, 11) is 1.33. The van der Waals surface area contributed by atoms with Crippen LogP contribution in [0.3, 0.4) is 0 Å². The second kappa shape index (κ2) is 14.5. The van der Waals surface area contributed by atoms with Gasteiger partial charge >= 0.3 is 12.0 Å². The summed E-state index contributed by atoms with van der Waals surface area (Å²) < 4.78 is 16.8. The maximum Gasteiger partial charge on any atom is 0.319 e. The molecule has 1 aliphatic rings. The number of rotatable bonds is 11. The quantitative estimate of drug-likeness (QED) is 0.310. The van der Waals surface area contributed by atoms with E-state index in [-0.39, 0.29) is 25.0 Å². The van der Waals surface area contributed by atoms with Gasteiger partial charge in [-0.2, -0.15) is 0 Å². The molecule has 42 heavy (non-hydrogen) atoms. The van der Waals surface area contributed by atoms with Crippen molar-refractivity contribution in [2.24, 2.45) is 0 Å². The van der Waals surface area contributed by atoms with Gasteiger partial charge in [-0.3, -0.25) is 9.59 Å². The number of hydrogen-bond donors (Lipinski definition) is 2. The number of ether oxygens (including phenoxy) is 3. The van der Waals surface area contributed by atoms with Gasteiger partial charge < -0.3 is 29.7 Å². The summed E-state index contributed by atoms with van der Waals surface area (Å²) >= 11 is 0. The van der Waals surface area contributed by atoms with Gasteiger partial charge in [0, 0.05) is 24.3 Å². The molecule has 3 aromatic carbocycles. The minimum absolute atomic E-state index is 0.0219. The Bertz CT molecular complexity index is 1360. The molecule has 3 atom stereocenters. The molecule has 3 aromatic rings. The van der Waals surface area contributed by atoms with Crippen LogP contribution in [0.4, 0.5) is 10.5 Å². The van der Waals surface area contributed by atoms with Crippen LogP contribution in [0.5, 0.6) is 5.75 Å². The van der Waals surface area contributed by atoms with Gasteiger partial charge in [-0.05, 0) is 56.0 Å². The van der Waals surface area contributed by atoms with E-state index in [0.717, 1.165) is 16.7 Å². The fourth-order valence-electron chi connectivity index (χ4n) is 4.99. The summed E-state index contributed by atoms with van der Waals surface area (Å²) in [5.74, 6) is -0.130. The molecular formula is C33H39N3O6. The normalized spacial score (nSPS) is 15.7. The first-order valence-electron chi connectivity index (χ1n) is 14.2. The van der Waals surface area contributed by atoms with Gasteiger partial charge in [0.05, 0.1) is 32.3 Å². The number of benzene rings is 3. The molecule has 1 aliphatic heterocycles. The van der Waals surface area contributed by atoms with Crippen LogP contribution in [-0.2, 0) is 38.6 Å². The van der Waals surface area contributed by atoms with Crippen LogP contribution in [-0.4, -0.2) is 54.2 Å². The second-order valence-corrected chi connectivity index (χ2v) is 10.6. The number of urea groups is 1. The van der Waals surface area contributed by atoms with E-state index in [1.165, 1.54) is 7.11 Å². The van der Waals surface area contributed by atoms with E-state index in [0.29, 0.717) is 24.4 Å². The zero-order valence-corrected chi connectivity index (χ0v) is 24.5. The minimum Gasteiger partial charge on any atom is -0.491 e. The number of fused-ring (bicyclic) bond motifs is 1. The van der Waals surface area contributed by atoms with Crippen molar-refractivity contribution in [2.75, 3.05) is 12.4 Å². The van der Waals surface area contributed by atoms with Crippen LogP contribution in [0.25, 0.3) is 0 Å². The molecule has 0 aromatic heterocycles. The number of methoxy groups -OCH3 is 1. The van der Waals surface area contributed by atoms with Crippen LogP contribution in [0, 0.1) is 0 Å². The van der Waals surface area contributed by atoms with Crippen LogP contribution < -0.4 is 15.4 Å².